The number of halogens is 2. The largest absolute Gasteiger partial charge is 0.316 e. The molecule has 0 heterocycles. The van der Waals surface area contributed by atoms with Crippen LogP contribution < -0.4 is 5.73 Å². The Morgan fingerprint density at radius 2 is 2.29 bits per heavy atom. The summed E-state index contributed by atoms with van der Waals surface area (Å²) in [4.78, 5) is 0. The van der Waals surface area contributed by atoms with Gasteiger partial charge in [0.25, 0.3) is 0 Å². The molecule has 2 N–H and O–H groups in total. The second kappa shape index (κ2) is 5.35. The van der Waals surface area contributed by atoms with Gasteiger partial charge in [0.1, 0.15) is 0 Å². The Bertz CT molecular complexity index is 360. The Balaban J connectivity index is 2.64. The number of aryl methyl sites for hydroxylation is 1. The summed E-state index contributed by atoms with van der Waals surface area (Å²) in [6.07, 6.45) is 1.37. The Morgan fingerprint density at radius 3 is 2.86 bits per heavy atom. The zero-order valence-electron chi connectivity index (χ0n) is 7.50. The fraction of sp³-hybridized carbons (Fsp3) is 0.300. The topological polar surface area (TPSA) is 49.8 Å². The van der Waals surface area contributed by atoms with Crippen LogP contribution in [-0.2, 0) is 6.42 Å². The van der Waals surface area contributed by atoms with Gasteiger partial charge in [-0.25, -0.2) is 0 Å². The van der Waals surface area contributed by atoms with Crippen molar-refractivity contribution in [3.63, 3.8) is 0 Å². The van der Waals surface area contributed by atoms with Crippen LogP contribution in [0.15, 0.2) is 22.7 Å². The first-order chi connectivity index (χ1) is 6.63. The second-order valence-electron chi connectivity index (χ2n) is 3.01. The third-order valence-electron chi connectivity index (χ3n) is 1.91. The van der Waals surface area contributed by atoms with Crippen LogP contribution in [-0.4, -0.2) is 6.04 Å². The number of hydrogen-bond donors (Lipinski definition) is 1. The van der Waals surface area contributed by atoms with Crippen molar-refractivity contribution in [2.75, 3.05) is 0 Å². The van der Waals surface area contributed by atoms with E-state index in [0.717, 1.165) is 16.5 Å². The number of nitrogens with two attached hydrogens (primary N) is 1. The molecular formula is C10H10BrClN2. The van der Waals surface area contributed by atoms with Gasteiger partial charge in [-0.3, -0.25) is 0 Å². The molecule has 1 aromatic carbocycles. The molecule has 0 fully saturated rings. The standard InChI is InChI=1S/C10H10BrClN2/c11-8-3-1-7(10(12)5-8)2-4-9(14)6-13/h1,3,5,9H,2,4,14H2. The van der Waals surface area contributed by atoms with Crippen molar-refractivity contribution in [3.8, 4) is 6.07 Å². The third kappa shape index (κ3) is 3.30. The minimum Gasteiger partial charge on any atom is -0.316 e. The fourth-order valence-electron chi connectivity index (χ4n) is 1.10. The maximum atomic E-state index is 8.51. The zero-order chi connectivity index (χ0) is 10.6. The van der Waals surface area contributed by atoms with Gasteiger partial charge in [-0.1, -0.05) is 33.6 Å². The van der Waals surface area contributed by atoms with Gasteiger partial charge in [0.2, 0.25) is 0 Å². The number of hydrogen-bond acceptors (Lipinski definition) is 2. The molecular weight excluding hydrogens is 263 g/mol. The van der Waals surface area contributed by atoms with Crippen LogP contribution >= 0.6 is 27.5 Å². The normalized spacial score (nSPS) is 12.1. The van der Waals surface area contributed by atoms with Crippen LogP contribution in [0.4, 0.5) is 0 Å². The van der Waals surface area contributed by atoms with E-state index in [9.17, 15) is 0 Å². The van der Waals surface area contributed by atoms with Gasteiger partial charge in [0.05, 0.1) is 12.1 Å². The predicted octanol–water partition coefficient (Wildman–Crippen LogP) is 2.89. The van der Waals surface area contributed by atoms with E-state index >= 15 is 0 Å². The predicted molar refractivity (Wildman–Crippen MR) is 61.1 cm³/mol. The SMILES string of the molecule is N#CC(N)CCc1ccc(Br)cc1Cl. The van der Waals surface area contributed by atoms with Crippen molar-refractivity contribution in [1.29, 1.82) is 5.26 Å². The molecule has 0 aliphatic carbocycles. The lowest BCUT2D eigenvalue weighted by molar-refractivity contribution is 0.731. The van der Waals surface area contributed by atoms with Gasteiger partial charge in [-0.2, -0.15) is 5.26 Å². The Kier molecular flexibility index (Phi) is 4.40. The molecule has 0 aliphatic heterocycles. The molecule has 0 radical (unpaired) electrons. The van der Waals surface area contributed by atoms with Gasteiger partial charge in [-0.15, -0.1) is 0 Å². The molecule has 0 aliphatic rings. The van der Waals surface area contributed by atoms with Gasteiger partial charge >= 0.3 is 0 Å². The first-order valence-electron chi connectivity index (χ1n) is 4.22. The smallest absolute Gasteiger partial charge is 0.0931 e. The van der Waals surface area contributed by atoms with E-state index in [1.54, 1.807) is 0 Å². The molecule has 0 saturated carbocycles. The number of nitriles is 1. The van der Waals surface area contributed by atoms with E-state index in [4.69, 9.17) is 22.6 Å². The van der Waals surface area contributed by atoms with E-state index in [1.807, 2.05) is 24.3 Å². The van der Waals surface area contributed by atoms with E-state index < -0.39 is 6.04 Å². The van der Waals surface area contributed by atoms with E-state index in [-0.39, 0.29) is 0 Å². The van der Waals surface area contributed by atoms with Crippen LogP contribution in [0.3, 0.4) is 0 Å². The number of rotatable bonds is 3. The molecule has 1 atom stereocenters. The molecule has 1 rings (SSSR count). The van der Waals surface area contributed by atoms with Gasteiger partial charge in [0, 0.05) is 9.50 Å². The lowest BCUT2D eigenvalue weighted by Crippen LogP contribution is -2.17. The summed E-state index contributed by atoms with van der Waals surface area (Å²) < 4.78 is 0.954. The summed E-state index contributed by atoms with van der Waals surface area (Å²) in [7, 11) is 0. The minimum absolute atomic E-state index is 0.408. The van der Waals surface area contributed by atoms with Crippen molar-refractivity contribution in [2.45, 2.75) is 18.9 Å². The highest BCUT2D eigenvalue weighted by molar-refractivity contribution is 9.10. The lowest BCUT2D eigenvalue weighted by Gasteiger charge is -2.05. The van der Waals surface area contributed by atoms with Crippen LogP contribution in [0.5, 0.6) is 0 Å². The van der Waals surface area contributed by atoms with Crippen molar-refractivity contribution in [3.05, 3.63) is 33.3 Å². The lowest BCUT2D eigenvalue weighted by atomic mass is 10.1. The summed E-state index contributed by atoms with van der Waals surface area (Å²) in [5.41, 5.74) is 6.52. The van der Waals surface area contributed by atoms with Gasteiger partial charge < -0.3 is 5.73 Å². The highest BCUT2D eigenvalue weighted by atomic mass is 79.9. The minimum atomic E-state index is -0.408. The Hall–Kier alpha value is -0.560. The van der Waals surface area contributed by atoms with Crippen molar-refractivity contribution in [2.24, 2.45) is 5.73 Å². The quantitative estimate of drug-likeness (QED) is 0.920. The summed E-state index contributed by atoms with van der Waals surface area (Å²) in [5.74, 6) is 0. The highest BCUT2D eigenvalue weighted by Gasteiger charge is 2.04. The fourth-order valence-corrected chi connectivity index (χ4v) is 1.87. The Morgan fingerprint density at radius 1 is 1.57 bits per heavy atom. The summed E-state index contributed by atoms with van der Waals surface area (Å²) in [6.45, 7) is 0. The summed E-state index contributed by atoms with van der Waals surface area (Å²) in [6, 6.07) is 7.30. The molecule has 4 heteroatoms. The molecule has 0 spiro atoms. The number of nitrogens with zero attached hydrogens (tertiary/aromatic N) is 1. The van der Waals surface area contributed by atoms with Crippen molar-refractivity contribution < 1.29 is 0 Å². The van der Waals surface area contributed by atoms with Crippen molar-refractivity contribution in [1.82, 2.24) is 0 Å². The van der Waals surface area contributed by atoms with Gasteiger partial charge in [-0.05, 0) is 30.5 Å². The van der Waals surface area contributed by atoms with Gasteiger partial charge in [0.15, 0.2) is 0 Å². The molecule has 0 amide bonds. The van der Waals surface area contributed by atoms with E-state index in [0.29, 0.717) is 11.4 Å². The molecule has 0 saturated heterocycles. The van der Waals surface area contributed by atoms with Crippen LogP contribution in [0.1, 0.15) is 12.0 Å². The van der Waals surface area contributed by atoms with Crippen LogP contribution in [0, 0.1) is 11.3 Å². The van der Waals surface area contributed by atoms with Crippen molar-refractivity contribution >= 4 is 27.5 Å². The summed E-state index contributed by atoms with van der Waals surface area (Å²) in [5, 5.41) is 9.22. The molecule has 74 valence electrons. The first kappa shape index (κ1) is 11.5. The Labute approximate surface area is 96.8 Å². The molecule has 0 bridgehead atoms. The highest BCUT2D eigenvalue weighted by Crippen LogP contribution is 2.22. The third-order valence-corrected chi connectivity index (χ3v) is 2.75. The van der Waals surface area contributed by atoms with E-state index in [1.165, 1.54) is 0 Å². The average Bonchev–Trinajstić information content (AvgIpc) is 2.16. The molecule has 2 nitrogen and oxygen atoms in total. The molecule has 1 aromatic rings. The van der Waals surface area contributed by atoms with Crippen LogP contribution in [0.2, 0.25) is 5.02 Å². The monoisotopic (exact) mass is 272 g/mol. The molecule has 14 heavy (non-hydrogen) atoms. The molecule has 0 aromatic heterocycles. The van der Waals surface area contributed by atoms with Crippen LogP contribution in [0.25, 0.3) is 0 Å². The second-order valence-corrected chi connectivity index (χ2v) is 4.33. The van der Waals surface area contributed by atoms with E-state index in [2.05, 4.69) is 15.9 Å². The average molecular weight is 274 g/mol. The first-order valence-corrected chi connectivity index (χ1v) is 5.39. The maximum absolute atomic E-state index is 8.51. The zero-order valence-corrected chi connectivity index (χ0v) is 9.85. The maximum Gasteiger partial charge on any atom is 0.0931 e. The summed E-state index contributed by atoms with van der Waals surface area (Å²) >= 11 is 9.33. The molecule has 1 unspecified atom stereocenters. The number of benzene rings is 1.